The average Bonchev–Trinajstić information content (AvgIpc) is 3.38. The molecule has 1 aliphatic rings. The van der Waals surface area contributed by atoms with Crippen LogP contribution in [0.15, 0.2) is 138 Å². The van der Waals surface area contributed by atoms with Gasteiger partial charge in [0.25, 0.3) is 0 Å². The summed E-state index contributed by atoms with van der Waals surface area (Å²) in [7, 11) is 0. The lowest BCUT2D eigenvalue weighted by atomic mass is 9.87. The maximum absolute atomic E-state index is 6.27. The van der Waals surface area contributed by atoms with Crippen LogP contribution in [-0.2, 0) is 0 Å². The fourth-order valence-corrected chi connectivity index (χ4v) is 6.44. The Morgan fingerprint density at radius 2 is 1.07 bits per heavy atom. The van der Waals surface area contributed by atoms with Crippen LogP contribution in [0.1, 0.15) is 0 Å². The summed E-state index contributed by atoms with van der Waals surface area (Å²) in [5, 5.41) is 7.12. The van der Waals surface area contributed by atoms with Crippen LogP contribution in [0.2, 0.25) is 0 Å². The number of hydrogen-bond acceptors (Lipinski definition) is 2. The van der Waals surface area contributed by atoms with Gasteiger partial charge >= 0.3 is 0 Å². The van der Waals surface area contributed by atoms with Crippen LogP contribution in [-0.4, -0.2) is 0 Å². The van der Waals surface area contributed by atoms with Gasteiger partial charge in [-0.25, -0.2) is 0 Å². The first-order valence-electron chi connectivity index (χ1n) is 13.6. The zero-order valence-electron chi connectivity index (χ0n) is 21.5. The summed E-state index contributed by atoms with van der Waals surface area (Å²) in [6.07, 6.45) is 0. The van der Waals surface area contributed by atoms with E-state index < -0.39 is 0 Å². The Labute approximate surface area is 230 Å². The number of rotatable bonds is 2. The molecule has 0 atom stereocenters. The van der Waals surface area contributed by atoms with E-state index in [0.29, 0.717) is 0 Å². The summed E-state index contributed by atoms with van der Waals surface area (Å²) < 4.78 is 12.4. The highest BCUT2D eigenvalue weighted by Gasteiger charge is 2.21. The Bertz CT molecular complexity index is 2300. The fraction of sp³-hybridized carbons (Fsp3) is 0. The Morgan fingerprint density at radius 1 is 0.375 bits per heavy atom. The number of para-hydroxylation sites is 2. The predicted molar refractivity (Wildman–Crippen MR) is 165 cm³/mol. The van der Waals surface area contributed by atoms with Gasteiger partial charge in [-0.1, -0.05) is 91.0 Å². The normalized spacial score (nSPS) is 12.2. The second-order valence-electron chi connectivity index (χ2n) is 10.5. The molecule has 0 N–H and O–H groups in total. The van der Waals surface area contributed by atoms with Gasteiger partial charge in [-0.3, -0.25) is 0 Å². The van der Waals surface area contributed by atoms with Gasteiger partial charge < -0.3 is 9.15 Å². The van der Waals surface area contributed by atoms with Crippen molar-refractivity contribution in [3.63, 3.8) is 0 Å². The lowest BCUT2D eigenvalue weighted by Gasteiger charge is -2.22. The molecule has 40 heavy (non-hydrogen) atoms. The van der Waals surface area contributed by atoms with Gasteiger partial charge in [-0.2, -0.15) is 0 Å². The second kappa shape index (κ2) is 8.08. The minimum atomic E-state index is 0.905. The Balaban J connectivity index is 1.27. The molecule has 2 heteroatoms. The fourth-order valence-electron chi connectivity index (χ4n) is 6.44. The first-order chi connectivity index (χ1) is 19.8. The molecule has 0 fully saturated rings. The standard InChI is InChI=1S/C38H22O2/c1-2-10-29-27(25-20-24-8-7-15-37-38(24)33(22-25)31-12-4-6-14-35(31)40-37)18-17-26(28(29)9-1)23-16-19-36-32(21-23)30-11-3-5-13-34(30)39-36/h1-22H. The summed E-state index contributed by atoms with van der Waals surface area (Å²) in [4.78, 5) is 0. The molecule has 2 nitrogen and oxygen atoms in total. The summed E-state index contributed by atoms with van der Waals surface area (Å²) in [5.74, 6) is 1.82. The smallest absolute Gasteiger partial charge is 0.135 e. The van der Waals surface area contributed by atoms with Crippen LogP contribution in [0.4, 0.5) is 0 Å². The molecule has 0 saturated heterocycles. The first-order valence-corrected chi connectivity index (χ1v) is 13.6. The lowest BCUT2D eigenvalue weighted by Crippen LogP contribution is -1.97. The van der Waals surface area contributed by atoms with Crippen LogP contribution < -0.4 is 4.74 Å². The molecule has 0 spiro atoms. The number of fused-ring (bicyclic) bond motifs is 6. The van der Waals surface area contributed by atoms with Crippen molar-refractivity contribution in [3.8, 4) is 44.9 Å². The zero-order valence-corrected chi connectivity index (χ0v) is 21.5. The van der Waals surface area contributed by atoms with E-state index in [1.807, 2.05) is 24.3 Å². The van der Waals surface area contributed by atoms with E-state index in [1.165, 1.54) is 49.4 Å². The van der Waals surface area contributed by atoms with Crippen molar-refractivity contribution in [2.75, 3.05) is 0 Å². The number of hydrogen-bond donors (Lipinski definition) is 0. The highest BCUT2D eigenvalue weighted by Crippen LogP contribution is 2.48. The molecule has 0 bridgehead atoms. The Morgan fingerprint density at radius 3 is 1.95 bits per heavy atom. The SMILES string of the molecule is c1ccc2c(c1)Oc1cccc3cc(-c4ccc(-c5ccc6oc7ccccc7c6c5)c5ccccc45)cc-2c13. The third-order valence-corrected chi connectivity index (χ3v) is 8.26. The molecule has 2 heterocycles. The average molecular weight is 511 g/mol. The largest absolute Gasteiger partial charge is 0.456 e. The number of ether oxygens (including phenoxy) is 1. The predicted octanol–water partition coefficient (Wildman–Crippen LogP) is 11.0. The molecular weight excluding hydrogens is 488 g/mol. The molecule has 0 saturated carbocycles. The monoisotopic (exact) mass is 510 g/mol. The Hall–Kier alpha value is -5.34. The molecular formula is C38H22O2. The van der Waals surface area contributed by atoms with Crippen LogP contribution in [0.5, 0.6) is 11.5 Å². The highest BCUT2D eigenvalue weighted by molar-refractivity contribution is 6.12. The molecule has 0 amide bonds. The van der Waals surface area contributed by atoms with Gasteiger partial charge in [0.15, 0.2) is 0 Å². The van der Waals surface area contributed by atoms with Crippen molar-refractivity contribution in [3.05, 3.63) is 133 Å². The van der Waals surface area contributed by atoms with Crippen LogP contribution >= 0.6 is 0 Å². The van der Waals surface area contributed by atoms with E-state index in [2.05, 4.69) is 109 Å². The summed E-state index contributed by atoms with van der Waals surface area (Å²) in [5.41, 5.74) is 9.02. The lowest BCUT2D eigenvalue weighted by molar-refractivity contribution is 0.487. The molecule has 0 radical (unpaired) electrons. The van der Waals surface area contributed by atoms with Gasteiger partial charge in [0, 0.05) is 21.7 Å². The van der Waals surface area contributed by atoms with Crippen LogP contribution in [0, 0.1) is 0 Å². The molecule has 186 valence electrons. The highest BCUT2D eigenvalue weighted by atomic mass is 16.5. The number of furan rings is 1. The third-order valence-electron chi connectivity index (χ3n) is 8.26. The van der Waals surface area contributed by atoms with E-state index in [1.54, 1.807) is 0 Å². The van der Waals surface area contributed by atoms with Gasteiger partial charge in [-0.15, -0.1) is 0 Å². The van der Waals surface area contributed by atoms with Crippen LogP contribution in [0.25, 0.3) is 76.9 Å². The van der Waals surface area contributed by atoms with Gasteiger partial charge in [0.05, 0.1) is 0 Å². The molecule has 8 aromatic rings. The van der Waals surface area contributed by atoms with E-state index >= 15 is 0 Å². The van der Waals surface area contributed by atoms with Crippen molar-refractivity contribution in [2.24, 2.45) is 0 Å². The minimum Gasteiger partial charge on any atom is -0.456 e. The van der Waals surface area contributed by atoms with Gasteiger partial charge in [0.2, 0.25) is 0 Å². The maximum Gasteiger partial charge on any atom is 0.135 e. The molecule has 0 unspecified atom stereocenters. The van der Waals surface area contributed by atoms with E-state index in [0.717, 1.165) is 39.0 Å². The Kier molecular flexibility index (Phi) is 4.36. The van der Waals surface area contributed by atoms with E-state index in [4.69, 9.17) is 9.15 Å². The van der Waals surface area contributed by atoms with Crippen molar-refractivity contribution >= 4 is 43.5 Å². The quantitative estimate of drug-likeness (QED) is 0.231. The molecule has 9 rings (SSSR count). The van der Waals surface area contributed by atoms with E-state index in [9.17, 15) is 0 Å². The molecule has 7 aromatic carbocycles. The molecule has 0 aliphatic carbocycles. The minimum absolute atomic E-state index is 0.905. The van der Waals surface area contributed by atoms with Gasteiger partial charge in [0.1, 0.15) is 22.7 Å². The van der Waals surface area contributed by atoms with Crippen molar-refractivity contribution in [2.45, 2.75) is 0 Å². The topological polar surface area (TPSA) is 22.4 Å². The summed E-state index contributed by atoms with van der Waals surface area (Å²) >= 11 is 0. The maximum atomic E-state index is 6.27. The zero-order chi connectivity index (χ0) is 26.2. The van der Waals surface area contributed by atoms with Gasteiger partial charge in [-0.05, 0) is 86.4 Å². The van der Waals surface area contributed by atoms with E-state index in [-0.39, 0.29) is 0 Å². The van der Waals surface area contributed by atoms with Crippen LogP contribution in [0.3, 0.4) is 0 Å². The molecule has 1 aromatic heterocycles. The molecule has 1 aliphatic heterocycles. The van der Waals surface area contributed by atoms with Crippen molar-refractivity contribution in [1.29, 1.82) is 0 Å². The first kappa shape index (κ1) is 21.6. The van der Waals surface area contributed by atoms with Crippen molar-refractivity contribution in [1.82, 2.24) is 0 Å². The number of benzene rings is 7. The second-order valence-corrected chi connectivity index (χ2v) is 10.5. The third kappa shape index (κ3) is 3.05. The summed E-state index contributed by atoms with van der Waals surface area (Å²) in [6, 6.07) is 47.3. The summed E-state index contributed by atoms with van der Waals surface area (Å²) in [6.45, 7) is 0. The van der Waals surface area contributed by atoms with Crippen molar-refractivity contribution < 1.29 is 9.15 Å².